The van der Waals surface area contributed by atoms with Crippen molar-refractivity contribution in [2.75, 3.05) is 6.54 Å². The molecule has 2 rings (SSSR count). The van der Waals surface area contributed by atoms with Crippen LogP contribution in [-0.4, -0.2) is 21.4 Å². The molecule has 0 aliphatic heterocycles. The summed E-state index contributed by atoms with van der Waals surface area (Å²) in [7, 11) is 0. The minimum atomic E-state index is -0.448. The number of nitrogens with zero attached hydrogens (tertiary/aromatic N) is 3. The Morgan fingerprint density at radius 1 is 1.33 bits per heavy atom. The number of hydrogen-bond acceptors (Lipinski definition) is 6. The van der Waals surface area contributed by atoms with E-state index in [1.165, 1.54) is 6.07 Å². The van der Waals surface area contributed by atoms with Gasteiger partial charge in [-0.05, 0) is 24.2 Å². The molecule has 1 aromatic carbocycles. The third-order valence-corrected chi connectivity index (χ3v) is 2.78. The summed E-state index contributed by atoms with van der Waals surface area (Å²) in [5.74, 6) is 0.691. The van der Waals surface area contributed by atoms with Crippen molar-refractivity contribution < 1.29 is 9.66 Å². The van der Waals surface area contributed by atoms with Crippen LogP contribution in [0.25, 0.3) is 0 Å². The molecule has 0 bridgehead atoms. The molecule has 0 radical (unpaired) electrons. The van der Waals surface area contributed by atoms with Crippen molar-refractivity contribution in [2.24, 2.45) is 0 Å². The van der Waals surface area contributed by atoms with E-state index in [1.54, 1.807) is 30.6 Å². The SMILES string of the molecule is CCNCc1ccc(OCc2ncccn2)c([N+](=O)[O-])c1. The molecule has 2 aromatic rings. The average molecular weight is 288 g/mol. The zero-order valence-corrected chi connectivity index (χ0v) is 11.7. The van der Waals surface area contributed by atoms with E-state index >= 15 is 0 Å². The highest BCUT2D eigenvalue weighted by Gasteiger charge is 2.16. The van der Waals surface area contributed by atoms with Crippen molar-refractivity contribution in [3.05, 3.63) is 58.2 Å². The molecule has 1 N–H and O–H groups in total. The van der Waals surface area contributed by atoms with Crippen molar-refractivity contribution in [2.45, 2.75) is 20.1 Å². The molecule has 0 saturated carbocycles. The van der Waals surface area contributed by atoms with Crippen molar-refractivity contribution in [1.29, 1.82) is 0 Å². The minimum Gasteiger partial charge on any atom is -0.479 e. The van der Waals surface area contributed by atoms with Gasteiger partial charge in [-0.15, -0.1) is 0 Å². The minimum absolute atomic E-state index is 0.0543. The van der Waals surface area contributed by atoms with Gasteiger partial charge in [-0.2, -0.15) is 0 Å². The molecule has 1 heterocycles. The molecule has 7 heteroatoms. The van der Waals surface area contributed by atoms with E-state index in [9.17, 15) is 10.1 Å². The molecule has 0 unspecified atom stereocenters. The van der Waals surface area contributed by atoms with Gasteiger partial charge < -0.3 is 10.1 Å². The first-order valence-corrected chi connectivity index (χ1v) is 6.57. The lowest BCUT2D eigenvalue weighted by Crippen LogP contribution is -2.12. The zero-order chi connectivity index (χ0) is 15.1. The topological polar surface area (TPSA) is 90.2 Å². The van der Waals surface area contributed by atoms with Gasteiger partial charge in [-0.25, -0.2) is 9.97 Å². The van der Waals surface area contributed by atoms with Crippen LogP contribution in [0.4, 0.5) is 5.69 Å². The predicted molar refractivity (Wildman–Crippen MR) is 76.8 cm³/mol. The second-order valence-corrected chi connectivity index (χ2v) is 4.29. The lowest BCUT2D eigenvalue weighted by molar-refractivity contribution is -0.386. The van der Waals surface area contributed by atoms with Gasteiger partial charge in [0.1, 0.15) is 6.61 Å². The molecule has 0 aliphatic rings. The van der Waals surface area contributed by atoms with E-state index in [4.69, 9.17) is 4.74 Å². The Morgan fingerprint density at radius 2 is 2.10 bits per heavy atom. The predicted octanol–water partition coefficient (Wildman–Crippen LogP) is 2.07. The van der Waals surface area contributed by atoms with Gasteiger partial charge in [0.25, 0.3) is 0 Å². The third-order valence-electron chi connectivity index (χ3n) is 2.78. The Morgan fingerprint density at radius 3 is 2.76 bits per heavy atom. The van der Waals surface area contributed by atoms with Crippen LogP contribution in [0.5, 0.6) is 5.75 Å². The van der Waals surface area contributed by atoms with Crippen LogP contribution in [0.2, 0.25) is 0 Å². The fourth-order valence-corrected chi connectivity index (χ4v) is 1.75. The van der Waals surface area contributed by atoms with Gasteiger partial charge in [0.05, 0.1) is 4.92 Å². The molecule has 7 nitrogen and oxygen atoms in total. The molecular weight excluding hydrogens is 272 g/mol. The van der Waals surface area contributed by atoms with Crippen LogP contribution in [0.3, 0.4) is 0 Å². The summed E-state index contributed by atoms with van der Waals surface area (Å²) in [4.78, 5) is 18.7. The summed E-state index contributed by atoms with van der Waals surface area (Å²) in [5.41, 5.74) is 0.785. The highest BCUT2D eigenvalue weighted by atomic mass is 16.6. The summed E-state index contributed by atoms with van der Waals surface area (Å²) in [6.45, 7) is 3.46. The van der Waals surface area contributed by atoms with Crippen molar-refractivity contribution >= 4 is 5.69 Å². The average Bonchev–Trinajstić information content (AvgIpc) is 2.52. The van der Waals surface area contributed by atoms with Crippen LogP contribution in [0.1, 0.15) is 18.3 Å². The smallest absolute Gasteiger partial charge is 0.311 e. The Bertz CT molecular complexity index is 604. The van der Waals surface area contributed by atoms with Crippen LogP contribution in [0.15, 0.2) is 36.7 Å². The van der Waals surface area contributed by atoms with Gasteiger partial charge in [-0.1, -0.05) is 13.0 Å². The summed E-state index contributed by atoms with van der Waals surface area (Å²) >= 11 is 0. The van der Waals surface area contributed by atoms with Crippen LogP contribution < -0.4 is 10.1 Å². The Balaban J connectivity index is 2.12. The van der Waals surface area contributed by atoms with Crippen molar-refractivity contribution in [3.8, 4) is 5.75 Å². The number of nitrogens with one attached hydrogen (secondary N) is 1. The van der Waals surface area contributed by atoms with Crippen LogP contribution in [0, 0.1) is 10.1 Å². The van der Waals surface area contributed by atoms with E-state index in [1.807, 2.05) is 6.92 Å². The molecule has 110 valence electrons. The van der Waals surface area contributed by atoms with E-state index in [0.29, 0.717) is 12.4 Å². The monoisotopic (exact) mass is 288 g/mol. The number of nitro groups is 1. The van der Waals surface area contributed by atoms with E-state index < -0.39 is 4.92 Å². The molecule has 0 atom stereocenters. The van der Waals surface area contributed by atoms with E-state index in [0.717, 1.165) is 12.1 Å². The van der Waals surface area contributed by atoms with Gasteiger partial charge in [-0.3, -0.25) is 10.1 Å². The van der Waals surface area contributed by atoms with Gasteiger partial charge in [0.2, 0.25) is 0 Å². The van der Waals surface area contributed by atoms with E-state index in [2.05, 4.69) is 15.3 Å². The quantitative estimate of drug-likeness (QED) is 0.619. The fraction of sp³-hybridized carbons (Fsp3) is 0.286. The largest absolute Gasteiger partial charge is 0.479 e. The molecular formula is C14H16N4O3. The second kappa shape index (κ2) is 7.30. The summed E-state index contributed by atoms with van der Waals surface area (Å²) in [5, 5.41) is 14.3. The van der Waals surface area contributed by atoms with Gasteiger partial charge in [0.15, 0.2) is 11.6 Å². The summed E-state index contributed by atoms with van der Waals surface area (Å²) in [6.07, 6.45) is 3.19. The fourth-order valence-electron chi connectivity index (χ4n) is 1.75. The molecule has 0 saturated heterocycles. The number of aromatic nitrogens is 2. The number of nitro benzene ring substituents is 1. The Labute approximate surface area is 122 Å². The summed E-state index contributed by atoms with van der Waals surface area (Å²) < 4.78 is 5.46. The normalized spacial score (nSPS) is 10.3. The molecule has 0 spiro atoms. The first kappa shape index (κ1) is 14.9. The lowest BCUT2D eigenvalue weighted by Gasteiger charge is -2.08. The molecule has 0 fully saturated rings. The van der Waals surface area contributed by atoms with Crippen LogP contribution in [-0.2, 0) is 13.2 Å². The Hall–Kier alpha value is -2.54. The molecule has 0 aliphatic carbocycles. The number of rotatable bonds is 7. The number of ether oxygens (including phenoxy) is 1. The van der Waals surface area contributed by atoms with Gasteiger partial charge in [0, 0.05) is 25.0 Å². The number of hydrogen-bond donors (Lipinski definition) is 1. The first-order valence-electron chi connectivity index (χ1n) is 6.57. The first-order chi connectivity index (χ1) is 10.2. The lowest BCUT2D eigenvalue weighted by atomic mass is 10.2. The summed E-state index contributed by atoms with van der Waals surface area (Å²) in [6, 6.07) is 6.62. The number of benzene rings is 1. The highest BCUT2D eigenvalue weighted by molar-refractivity contribution is 5.48. The maximum Gasteiger partial charge on any atom is 0.311 e. The standard InChI is InChI=1S/C14H16N4O3/c1-2-15-9-11-4-5-13(12(8-11)18(19)20)21-10-14-16-6-3-7-17-14/h3-8,15H,2,9-10H2,1H3. The van der Waals surface area contributed by atoms with Crippen molar-refractivity contribution in [3.63, 3.8) is 0 Å². The Kier molecular flexibility index (Phi) is 5.16. The third kappa shape index (κ3) is 4.22. The van der Waals surface area contributed by atoms with Crippen LogP contribution >= 0.6 is 0 Å². The highest BCUT2D eigenvalue weighted by Crippen LogP contribution is 2.28. The maximum absolute atomic E-state index is 11.1. The molecule has 0 amide bonds. The van der Waals surface area contributed by atoms with E-state index in [-0.39, 0.29) is 18.0 Å². The van der Waals surface area contributed by atoms with Gasteiger partial charge >= 0.3 is 5.69 Å². The zero-order valence-electron chi connectivity index (χ0n) is 11.7. The molecule has 21 heavy (non-hydrogen) atoms. The van der Waals surface area contributed by atoms with Crippen molar-refractivity contribution in [1.82, 2.24) is 15.3 Å². The second-order valence-electron chi connectivity index (χ2n) is 4.29. The molecule has 1 aromatic heterocycles. The maximum atomic E-state index is 11.1.